The summed E-state index contributed by atoms with van der Waals surface area (Å²) < 4.78 is 0. The van der Waals surface area contributed by atoms with Gasteiger partial charge in [-0.15, -0.1) is 0 Å². The van der Waals surface area contributed by atoms with Gasteiger partial charge < -0.3 is 5.11 Å². The van der Waals surface area contributed by atoms with Crippen molar-refractivity contribution in [2.45, 2.75) is 70.1 Å². The maximum Gasteiger partial charge on any atom is 0.0947 e. The Balaban J connectivity index is 1.78. The van der Waals surface area contributed by atoms with E-state index in [0.717, 1.165) is 24.3 Å². The van der Waals surface area contributed by atoms with Crippen molar-refractivity contribution >= 4 is 0 Å². The summed E-state index contributed by atoms with van der Waals surface area (Å²) in [5.74, 6) is 0.835. The first-order valence-electron chi connectivity index (χ1n) is 8.64. The van der Waals surface area contributed by atoms with E-state index in [0.29, 0.717) is 6.04 Å². The number of hydrogen-bond donors (Lipinski definition) is 1. The fraction of sp³-hybridized carbons (Fsp3) is 0.684. The Morgan fingerprint density at radius 1 is 1.10 bits per heavy atom. The fourth-order valence-electron chi connectivity index (χ4n) is 4.39. The van der Waals surface area contributed by atoms with E-state index < -0.39 is 0 Å². The van der Waals surface area contributed by atoms with E-state index in [9.17, 15) is 5.11 Å². The molecule has 2 aliphatic carbocycles. The zero-order chi connectivity index (χ0) is 14.8. The van der Waals surface area contributed by atoms with Gasteiger partial charge in [-0.05, 0) is 56.2 Å². The van der Waals surface area contributed by atoms with Gasteiger partial charge in [0.25, 0.3) is 0 Å². The molecule has 3 rings (SSSR count). The number of aliphatic hydroxyl groups is 1. The molecule has 1 aromatic rings. The van der Waals surface area contributed by atoms with Gasteiger partial charge in [-0.3, -0.25) is 4.90 Å². The summed E-state index contributed by atoms with van der Waals surface area (Å²) in [4.78, 5) is 2.50. The van der Waals surface area contributed by atoms with Crippen LogP contribution in [-0.4, -0.2) is 29.1 Å². The molecule has 1 fully saturated rings. The summed E-state index contributed by atoms with van der Waals surface area (Å²) >= 11 is 0. The van der Waals surface area contributed by atoms with Crippen molar-refractivity contribution in [2.75, 3.05) is 7.05 Å². The molecule has 0 spiro atoms. The van der Waals surface area contributed by atoms with Crippen LogP contribution in [0, 0.1) is 5.92 Å². The van der Waals surface area contributed by atoms with E-state index in [1.165, 1.54) is 37.7 Å². The van der Waals surface area contributed by atoms with Crippen molar-refractivity contribution in [3.05, 3.63) is 35.4 Å². The van der Waals surface area contributed by atoms with E-state index in [4.69, 9.17) is 0 Å². The van der Waals surface area contributed by atoms with Crippen LogP contribution in [0.2, 0.25) is 0 Å². The molecule has 4 unspecified atom stereocenters. The van der Waals surface area contributed by atoms with Crippen molar-refractivity contribution in [1.82, 2.24) is 4.90 Å². The predicted molar refractivity (Wildman–Crippen MR) is 87.3 cm³/mol. The lowest BCUT2D eigenvalue weighted by Crippen LogP contribution is -2.45. The van der Waals surface area contributed by atoms with Crippen molar-refractivity contribution in [3.8, 4) is 0 Å². The fourth-order valence-corrected chi connectivity index (χ4v) is 4.39. The molecule has 1 saturated carbocycles. The quantitative estimate of drug-likeness (QED) is 0.833. The summed E-state index contributed by atoms with van der Waals surface area (Å²) in [6.45, 7) is 2.37. The van der Waals surface area contributed by atoms with Crippen LogP contribution in [0.15, 0.2) is 24.3 Å². The van der Waals surface area contributed by atoms with Gasteiger partial charge in [0.15, 0.2) is 0 Å². The molecule has 116 valence electrons. The minimum Gasteiger partial charge on any atom is -0.387 e. The lowest BCUT2D eigenvalue weighted by Gasteiger charge is -2.40. The topological polar surface area (TPSA) is 23.5 Å². The SMILES string of the molecule is CC1CCCC(N(C)C2CCCc3ccccc3C2O)C1. The molecule has 0 aromatic heterocycles. The molecule has 1 aromatic carbocycles. The summed E-state index contributed by atoms with van der Waals surface area (Å²) in [5.41, 5.74) is 2.51. The molecule has 2 heteroatoms. The third kappa shape index (κ3) is 3.17. The minimum absolute atomic E-state index is 0.281. The highest BCUT2D eigenvalue weighted by atomic mass is 16.3. The second-order valence-corrected chi connectivity index (χ2v) is 7.19. The van der Waals surface area contributed by atoms with Crippen LogP contribution in [0.3, 0.4) is 0 Å². The first kappa shape index (κ1) is 15.1. The number of likely N-dealkylation sites (N-methyl/N-ethyl adjacent to an activating group) is 1. The third-order valence-corrected chi connectivity index (χ3v) is 5.69. The van der Waals surface area contributed by atoms with E-state index in [-0.39, 0.29) is 12.1 Å². The number of benzene rings is 1. The van der Waals surface area contributed by atoms with Gasteiger partial charge in [0.05, 0.1) is 6.10 Å². The second-order valence-electron chi connectivity index (χ2n) is 7.19. The molecule has 2 aliphatic rings. The zero-order valence-corrected chi connectivity index (χ0v) is 13.5. The highest BCUT2D eigenvalue weighted by Gasteiger charge is 2.33. The molecule has 21 heavy (non-hydrogen) atoms. The lowest BCUT2D eigenvalue weighted by atomic mass is 9.85. The van der Waals surface area contributed by atoms with Crippen LogP contribution in [0.1, 0.15) is 62.7 Å². The largest absolute Gasteiger partial charge is 0.387 e. The summed E-state index contributed by atoms with van der Waals surface area (Å²) in [7, 11) is 2.24. The highest BCUT2D eigenvalue weighted by Crippen LogP contribution is 2.35. The average Bonchev–Trinajstić information content (AvgIpc) is 2.66. The van der Waals surface area contributed by atoms with Crippen LogP contribution in [0.4, 0.5) is 0 Å². The average molecular weight is 287 g/mol. The van der Waals surface area contributed by atoms with Gasteiger partial charge in [-0.1, -0.05) is 44.0 Å². The Morgan fingerprint density at radius 3 is 2.71 bits per heavy atom. The van der Waals surface area contributed by atoms with Crippen LogP contribution in [0.5, 0.6) is 0 Å². The second kappa shape index (κ2) is 6.50. The lowest BCUT2D eigenvalue weighted by molar-refractivity contribution is 0.0208. The molecule has 0 heterocycles. The van der Waals surface area contributed by atoms with E-state index in [1.807, 2.05) is 0 Å². The maximum absolute atomic E-state index is 10.9. The van der Waals surface area contributed by atoms with Gasteiger partial charge >= 0.3 is 0 Å². The standard InChI is InChI=1S/C19H29NO/c1-14-7-5-10-16(13-14)20(2)18-12-6-9-15-8-3-4-11-17(15)19(18)21/h3-4,8,11,14,16,18-19,21H,5-7,9-10,12-13H2,1-2H3. The Hall–Kier alpha value is -0.860. The molecule has 0 aliphatic heterocycles. The van der Waals surface area contributed by atoms with Gasteiger partial charge in [0, 0.05) is 12.1 Å². The van der Waals surface area contributed by atoms with Gasteiger partial charge in [0.1, 0.15) is 0 Å². The van der Waals surface area contributed by atoms with E-state index in [2.05, 4.69) is 43.1 Å². The number of aliphatic hydroxyl groups excluding tert-OH is 1. The van der Waals surface area contributed by atoms with Crippen molar-refractivity contribution < 1.29 is 5.11 Å². The predicted octanol–water partition coefficient (Wildman–Crippen LogP) is 3.94. The van der Waals surface area contributed by atoms with Crippen molar-refractivity contribution in [2.24, 2.45) is 5.92 Å². The monoisotopic (exact) mass is 287 g/mol. The molecule has 0 bridgehead atoms. The van der Waals surface area contributed by atoms with Crippen LogP contribution >= 0.6 is 0 Å². The van der Waals surface area contributed by atoms with E-state index in [1.54, 1.807) is 0 Å². The summed E-state index contributed by atoms with van der Waals surface area (Å²) in [6.07, 6.45) is 8.38. The van der Waals surface area contributed by atoms with Gasteiger partial charge in [0.2, 0.25) is 0 Å². The first-order chi connectivity index (χ1) is 10.2. The maximum atomic E-state index is 10.9. The Morgan fingerprint density at radius 2 is 1.90 bits per heavy atom. The van der Waals surface area contributed by atoms with Crippen LogP contribution < -0.4 is 0 Å². The Bertz CT molecular complexity index is 472. The number of aryl methyl sites for hydroxylation is 1. The molecular formula is C19H29NO. The van der Waals surface area contributed by atoms with Crippen molar-refractivity contribution in [3.63, 3.8) is 0 Å². The smallest absolute Gasteiger partial charge is 0.0947 e. The van der Waals surface area contributed by atoms with Crippen LogP contribution in [-0.2, 0) is 6.42 Å². The third-order valence-electron chi connectivity index (χ3n) is 5.69. The number of rotatable bonds is 2. The zero-order valence-electron chi connectivity index (χ0n) is 13.5. The Kier molecular flexibility index (Phi) is 4.66. The molecule has 4 atom stereocenters. The molecular weight excluding hydrogens is 258 g/mol. The number of nitrogens with zero attached hydrogens (tertiary/aromatic N) is 1. The normalized spacial score (nSPS) is 33.5. The Labute approximate surface area is 129 Å². The highest BCUT2D eigenvalue weighted by molar-refractivity contribution is 5.31. The molecule has 0 amide bonds. The van der Waals surface area contributed by atoms with Crippen molar-refractivity contribution in [1.29, 1.82) is 0 Å². The van der Waals surface area contributed by atoms with E-state index >= 15 is 0 Å². The van der Waals surface area contributed by atoms with Gasteiger partial charge in [-0.2, -0.15) is 0 Å². The van der Waals surface area contributed by atoms with Gasteiger partial charge in [-0.25, -0.2) is 0 Å². The summed E-state index contributed by atoms with van der Waals surface area (Å²) in [5, 5.41) is 10.9. The molecule has 0 radical (unpaired) electrons. The van der Waals surface area contributed by atoms with Crippen LogP contribution in [0.25, 0.3) is 0 Å². The number of fused-ring (bicyclic) bond motifs is 1. The molecule has 1 N–H and O–H groups in total. The molecule has 0 saturated heterocycles. The minimum atomic E-state index is -0.328. The first-order valence-corrected chi connectivity index (χ1v) is 8.64. The summed E-state index contributed by atoms with van der Waals surface area (Å²) in [6, 6.07) is 9.40. The number of hydrogen-bond acceptors (Lipinski definition) is 2. The molecule has 2 nitrogen and oxygen atoms in total.